The van der Waals surface area contributed by atoms with Crippen molar-refractivity contribution in [3.63, 3.8) is 0 Å². The van der Waals surface area contributed by atoms with E-state index in [0.29, 0.717) is 0 Å². The van der Waals surface area contributed by atoms with E-state index in [1.165, 1.54) is 57.8 Å². The largest absolute Gasteiger partial charge is 0.348 e. The Hall–Kier alpha value is -0.0800. The van der Waals surface area contributed by atoms with E-state index in [2.05, 4.69) is 41.5 Å². The maximum absolute atomic E-state index is 5.79. The molecule has 2 nitrogen and oxygen atoms in total. The third kappa shape index (κ3) is 9.99. The lowest BCUT2D eigenvalue weighted by Gasteiger charge is -2.29. The number of ether oxygens (including phenoxy) is 2. The standard InChI is InChI=1S/C23H46O2/c1-7-10-22(15-16-23(6)24-17-18-25-23)21(5)14-9-13-20(4)12-8-11-19(2)3/h19-22H,7-18H2,1-6H3/t20-,21-,22?/m1/s1. The maximum Gasteiger partial charge on any atom is 0.165 e. The lowest BCUT2D eigenvalue weighted by atomic mass is 9.81. The lowest BCUT2D eigenvalue weighted by molar-refractivity contribution is -0.150. The van der Waals surface area contributed by atoms with Gasteiger partial charge in [0.15, 0.2) is 5.79 Å². The normalized spacial score (nSPS) is 20.8. The van der Waals surface area contributed by atoms with Crippen LogP contribution in [0.25, 0.3) is 0 Å². The minimum atomic E-state index is -0.309. The first kappa shape index (κ1) is 23.0. The summed E-state index contributed by atoms with van der Waals surface area (Å²) in [5, 5.41) is 0. The molecule has 0 spiro atoms. The van der Waals surface area contributed by atoms with Gasteiger partial charge >= 0.3 is 0 Å². The number of hydrogen-bond donors (Lipinski definition) is 0. The summed E-state index contributed by atoms with van der Waals surface area (Å²) in [5.41, 5.74) is 0. The summed E-state index contributed by atoms with van der Waals surface area (Å²) in [6.07, 6.45) is 13.3. The third-order valence-corrected chi connectivity index (χ3v) is 6.17. The molecular weight excluding hydrogens is 308 g/mol. The van der Waals surface area contributed by atoms with Gasteiger partial charge in [0.05, 0.1) is 13.2 Å². The molecular formula is C23H46O2. The molecule has 0 saturated carbocycles. The van der Waals surface area contributed by atoms with Gasteiger partial charge < -0.3 is 9.47 Å². The van der Waals surface area contributed by atoms with Gasteiger partial charge in [0, 0.05) is 6.42 Å². The van der Waals surface area contributed by atoms with Crippen molar-refractivity contribution in [2.75, 3.05) is 13.2 Å². The fraction of sp³-hybridized carbons (Fsp3) is 1.00. The molecule has 0 aromatic heterocycles. The zero-order valence-electron chi connectivity index (χ0n) is 18.1. The first-order chi connectivity index (χ1) is 11.9. The zero-order valence-corrected chi connectivity index (χ0v) is 18.1. The molecule has 1 saturated heterocycles. The second kappa shape index (κ2) is 12.3. The van der Waals surface area contributed by atoms with E-state index in [9.17, 15) is 0 Å². The minimum absolute atomic E-state index is 0.309. The van der Waals surface area contributed by atoms with Crippen LogP contribution < -0.4 is 0 Å². The van der Waals surface area contributed by atoms with Crippen LogP contribution in [0.15, 0.2) is 0 Å². The first-order valence-electron chi connectivity index (χ1n) is 11.1. The Morgan fingerprint density at radius 1 is 0.800 bits per heavy atom. The molecule has 2 heteroatoms. The molecule has 0 N–H and O–H groups in total. The van der Waals surface area contributed by atoms with Gasteiger partial charge in [0.1, 0.15) is 0 Å². The fourth-order valence-electron chi connectivity index (χ4n) is 4.28. The second-order valence-corrected chi connectivity index (χ2v) is 9.26. The molecule has 1 aliphatic heterocycles. The molecule has 0 aliphatic carbocycles. The topological polar surface area (TPSA) is 18.5 Å². The van der Waals surface area contributed by atoms with Gasteiger partial charge in [-0.05, 0) is 37.0 Å². The maximum atomic E-state index is 5.79. The monoisotopic (exact) mass is 354 g/mol. The van der Waals surface area contributed by atoms with Crippen LogP contribution in [0, 0.1) is 23.7 Å². The zero-order chi connectivity index (χ0) is 18.7. The van der Waals surface area contributed by atoms with Crippen LogP contribution in [-0.4, -0.2) is 19.0 Å². The molecule has 0 aromatic rings. The minimum Gasteiger partial charge on any atom is -0.348 e. The van der Waals surface area contributed by atoms with Crippen molar-refractivity contribution in [2.24, 2.45) is 23.7 Å². The van der Waals surface area contributed by atoms with Gasteiger partial charge in [0.25, 0.3) is 0 Å². The molecule has 1 rings (SSSR count). The molecule has 0 bridgehead atoms. The first-order valence-corrected chi connectivity index (χ1v) is 11.1. The summed E-state index contributed by atoms with van der Waals surface area (Å²) in [6.45, 7) is 15.6. The third-order valence-electron chi connectivity index (χ3n) is 6.17. The van der Waals surface area contributed by atoms with Crippen molar-refractivity contribution < 1.29 is 9.47 Å². The Kier molecular flexibility index (Phi) is 11.3. The molecule has 3 atom stereocenters. The second-order valence-electron chi connectivity index (χ2n) is 9.26. The molecule has 150 valence electrons. The average Bonchev–Trinajstić information content (AvgIpc) is 2.98. The summed E-state index contributed by atoms with van der Waals surface area (Å²) >= 11 is 0. The van der Waals surface area contributed by atoms with Crippen molar-refractivity contribution in [1.29, 1.82) is 0 Å². The van der Waals surface area contributed by atoms with Gasteiger partial charge in [-0.3, -0.25) is 0 Å². The van der Waals surface area contributed by atoms with E-state index in [1.807, 2.05) is 0 Å². The van der Waals surface area contributed by atoms with E-state index < -0.39 is 0 Å². The van der Waals surface area contributed by atoms with Gasteiger partial charge in [-0.15, -0.1) is 0 Å². The van der Waals surface area contributed by atoms with E-state index in [1.54, 1.807) is 0 Å². The van der Waals surface area contributed by atoms with Crippen LogP contribution in [0.5, 0.6) is 0 Å². The quantitative estimate of drug-likeness (QED) is 0.328. The number of hydrogen-bond acceptors (Lipinski definition) is 2. The number of rotatable bonds is 14. The summed E-state index contributed by atoms with van der Waals surface area (Å²) in [7, 11) is 0. The predicted molar refractivity (Wildman–Crippen MR) is 109 cm³/mol. The van der Waals surface area contributed by atoms with Gasteiger partial charge in [-0.2, -0.15) is 0 Å². The summed E-state index contributed by atoms with van der Waals surface area (Å²) in [4.78, 5) is 0. The van der Waals surface area contributed by atoms with E-state index in [0.717, 1.165) is 43.3 Å². The van der Waals surface area contributed by atoms with Crippen LogP contribution in [0.3, 0.4) is 0 Å². The Morgan fingerprint density at radius 2 is 1.40 bits per heavy atom. The molecule has 1 heterocycles. The molecule has 0 amide bonds. The Morgan fingerprint density at radius 3 is 1.96 bits per heavy atom. The van der Waals surface area contributed by atoms with Crippen LogP contribution >= 0.6 is 0 Å². The SMILES string of the molecule is CCCC(CCC1(C)OCCO1)[C@H](C)CCC[C@H](C)CCCC(C)C. The van der Waals surface area contributed by atoms with Crippen LogP contribution in [0.4, 0.5) is 0 Å². The van der Waals surface area contributed by atoms with Gasteiger partial charge in [0.2, 0.25) is 0 Å². The Bertz CT molecular complexity index is 320. The van der Waals surface area contributed by atoms with Crippen LogP contribution in [-0.2, 0) is 9.47 Å². The van der Waals surface area contributed by atoms with Crippen molar-refractivity contribution in [3.8, 4) is 0 Å². The summed E-state index contributed by atoms with van der Waals surface area (Å²) < 4.78 is 11.6. The molecule has 0 radical (unpaired) electrons. The lowest BCUT2D eigenvalue weighted by Crippen LogP contribution is -2.27. The van der Waals surface area contributed by atoms with E-state index in [4.69, 9.17) is 9.47 Å². The van der Waals surface area contributed by atoms with Crippen LogP contribution in [0.2, 0.25) is 0 Å². The highest BCUT2D eigenvalue weighted by molar-refractivity contribution is 4.74. The summed E-state index contributed by atoms with van der Waals surface area (Å²) in [6, 6.07) is 0. The average molecular weight is 355 g/mol. The van der Waals surface area contributed by atoms with Gasteiger partial charge in [-0.1, -0.05) is 86.0 Å². The van der Waals surface area contributed by atoms with Gasteiger partial charge in [-0.25, -0.2) is 0 Å². The van der Waals surface area contributed by atoms with E-state index in [-0.39, 0.29) is 5.79 Å². The highest BCUT2D eigenvalue weighted by atomic mass is 16.7. The molecule has 1 fully saturated rings. The van der Waals surface area contributed by atoms with Crippen molar-refractivity contribution in [1.82, 2.24) is 0 Å². The van der Waals surface area contributed by atoms with Crippen LogP contribution in [0.1, 0.15) is 106 Å². The predicted octanol–water partition coefficient (Wildman–Crippen LogP) is 7.21. The molecule has 25 heavy (non-hydrogen) atoms. The van der Waals surface area contributed by atoms with Crippen molar-refractivity contribution in [2.45, 2.75) is 112 Å². The molecule has 0 aromatic carbocycles. The summed E-state index contributed by atoms with van der Waals surface area (Å²) in [5.74, 6) is 3.10. The highest BCUT2D eigenvalue weighted by Crippen LogP contribution is 2.33. The van der Waals surface area contributed by atoms with Crippen molar-refractivity contribution >= 4 is 0 Å². The molecule has 1 aliphatic rings. The Labute approximate surface area is 158 Å². The molecule has 1 unspecified atom stereocenters. The highest BCUT2D eigenvalue weighted by Gasteiger charge is 2.32. The van der Waals surface area contributed by atoms with E-state index >= 15 is 0 Å². The smallest absolute Gasteiger partial charge is 0.165 e. The van der Waals surface area contributed by atoms with Crippen molar-refractivity contribution in [3.05, 3.63) is 0 Å². The Balaban J connectivity index is 2.24. The fourth-order valence-corrected chi connectivity index (χ4v) is 4.28.